The van der Waals surface area contributed by atoms with E-state index in [0.29, 0.717) is 0 Å². The van der Waals surface area contributed by atoms with Crippen LogP contribution in [0.3, 0.4) is 0 Å². The van der Waals surface area contributed by atoms with Gasteiger partial charge in [0.15, 0.2) is 8.32 Å². The molecule has 0 aromatic heterocycles. The van der Waals surface area contributed by atoms with Gasteiger partial charge in [0.25, 0.3) is 0 Å². The zero-order chi connectivity index (χ0) is 19.7. The highest BCUT2D eigenvalue weighted by Gasteiger charge is 2.39. The Kier molecular flexibility index (Phi) is 5.89. The van der Waals surface area contributed by atoms with Crippen molar-refractivity contribution in [3.8, 4) is 11.5 Å². The zero-order valence-electron chi connectivity index (χ0n) is 16.5. The molecule has 0 aliphatic carbocycles. The minimum absolute atomic E-state index is 0.122. The molecule has 0 N–H and O–H groups in total. The van der Waals surface area contributed by atoms with E-state index in [-0.39, 0.29) is 11.1 Å². The van der Waals surface area contributed by atoms with E-state index >= 15 is 0 Å². The zero-order valence-corrected chi connectivity index (χ0v) is 19.1. The van der Waals surface area contributed by atoms with Crippen LogP contribution in [0.15, 0.2) is 65.1 Å². The van der Waals surface area contributed by atoms with Crippen molar-refractivity contribution >= 4 is 31.4 Å². The molecule has 1 unspecified atom stereocenters. The summed E-state index contributed by atoms with van der Waals surface area (Å²) in [5, 5.41) is 0.122. The summed E-state index contributed by atoms with van der Waals surface area (Å²) in [6, 6.07) is 15.9. The maximum Gasteiger partial charge on any atom is 0.624 e. The van der Waals surface area contributed by atoms with Gasteiger partial charge in [-0.25, -0.2) is 0 Å². The molecule has 2 aromatic rings. The van der Waals surface area contributed by atoms with Crippen molar-refractivity contribution in [3.63, 3.8) is 0 Å². The van der Waals surface area contributed by atoms with Gasteiger partial charge in [-0.2, -0.15) is 0 Å². The van der Waals surface area contributed by atoms with Crippen LogP contribution in [0.1, 0.15) is 32.4 Å². The maximum atomic E-state index is 6.72. The molecule has 0 bridgehead atoms. The molecule has 0 amide bonds. The van der Waals surface area contributed by atoms with Crippen LogP contribution < -0.4 is 9.31 Å². The van der Waals surface area contributed by atoms with Crippen LogP contribution in [-0.4, -0.2) is 15.4 Å². The molecule has 142 valence electrons. The van der Waals surface area contributed by atoms with Gasteiger partial charge in [0.1, 0.15) is 11.5 Å². The third-order valence-electron chi connectivity index (χ3n) is 5.22. The molecule has 0 saturated heterocycles. The smallest absolute Gasteiger partial charge is 0.520 e. The summed E-state index contributed by atoms with van der Waals surface area (Å²) in [5.41, 5.74) is 1.11. The molecule has 1 aliphatic heterocycles. The van der Waals surface area contributed by atoms with Crippen molar-refractivity contribution in [3.05, 3.63) is 70.6 Å². The van der Waals surface area contributed by atoms with Crippen LogP contribution in [0, 0.1) is 0 Å². The van der Waals surface area contributed by atoms with Gasteiger partial charge in [-0.15, -0.1) is 0 Å². The fourth-order valence-corrected chi connectivity index (χ4v) is 4.30. The molecule has 3 rings (SSSR count). The standard InChI is InChI=1S/C21H26BBrO3Si/c1-21(2,3)27(4,5)26-18(16-10-6-7-11-17(16)23)14-15-22-24-19-12-8-9-13-20(19)25-22/h6-15,18H,1-5H3/b15-14-. The van der Waals surface area contributed by atoms with E-state index in [1.54, 1.807) is 0 Å². The number of benzene rings is 2. The topological polar surface area (TPSA) is 27.7 Å². The van der Waals surface area contributed by atoms with Crippen LogP contribution in [-0.2, 0) is 4.43 Å². The van der Waals surface area contributed by atoms with Gasteiger partial charge in [0.2, 0.25) is 0 Å². The third kappa shape index (κ3) is 4.68. The van der Waals surface area contributed by atoms with Crippen LogP contribution in [0.2, 0.25) is 18.1 Å². The van der Waals surface area contributed by atoms with E-state index < -0.39 is 15.4 Å². The molecule has 2 aromatic carbocycles. The lowest BCUT2D eigenvalue weighted by molar-refractivity contribution is 0.229. The molecule has 0 fully saturated rings. The van der Waals surface area contributed by atoms with Crippen molar-refractivity contribution in [1.82, 2.24) is 0 Å². The SMILES string of the molecule is CC(C)(C)[Si](C)(C)OC(/C=C\B1Oc2ccccc2O1)c1ccccc1Br. The first-order chi connectivity index (χ1) is 12.7. The monoisotopic (exact) mass is 444 g/mol. The average Bonchev–Trinajstić information content (AvgIpc) is 3.01. The Morgan fingerprint density at radius 1 is 1.00 bits per heavy atom. The van der Waals surface area contributed by atoms with Crippen LogP contribution in [0.5, 0.6) is 11.5 Å². The molecule has 3 nitrogen and oxygen atoms in total. The minimum atomic E-state index is -1.97. The fraction of sp³-hybridized carbons (Fsp3) is 0.333. The molecule has 1 heterocycles. The molecule has 0 spiro atoms. The van der Waals surface area contributed by atoms with Crippen molar-refractivity contribution in [2.45, 2.75) is 45.0 Å². The number of hydrogen-bond acceptors (Lipinski definition) is 3. The maximum absolute atomic E-state index is 6.72. The number of halogens is 1. The summed E-state index contributed by atoms with van der Waals surface area (Å²) in [4.78, 5) is 0. The first kappa shape index (κ1) is 20.2. The number of para-hydroxylation sites is 2. The molecular weight excluding hydrogens is 419 g/mol. The minimum Gasteiger partial charge on any atom is -0.520 e. The van der Waals surface area contributed by atoms with E-state index in [9.17, 15) is 0 Å². The lowest BCUT2D eigenvalue weighted by Crippen LogP contribution is -2.41. The van der Waals surface area contributed by atoms with Crippen molar-refractivity contribution < 1.29 is 13.7 Å². The van der Waals surface area contributed by atoms with Gasteiger partial charge in [0, 0.05) is 4.47 Å². The quantitative estimate of drug-likeness (QED) is 0.488. The van der Waals surface area contributed by atoms with E-state index in [1.807, 2.05) is 48.4 Å². The number of hydrogen-bond donors (Lipinski definition) is 0. The normalized spacial score (nSPS) is 15.4. The highest BCUT2D eigenvalue weighted by Crippen LogP contribution is 2.41. The molecule has 0 radical (unpaired) electrons. The molecule has 0 saturated carbocycles. The molecule has 1 atom stereocenters. The van der Waals surface area contributed by atoms with Gasteiger partial charge < -0.3 is 13.7 Å². The lowest BCUT2D eigenvalue weighted by Gasteiger charge is -2.39. The van der Waals surface area contributed by atoms with Gasteiger partial charge in [-0.05, 0) is 47.9 Å². The summed E-state index contributed by atoms with van der Waals surface area (Å²) in [5.74, 6) is 3.49. The second-order valence-electron chi connectivity index (χ2n) is 8.26. The van der Waals surface area contributed by atoms with E-state index in [0.717, 1.165) is 21.5 Å². The average molecular weight is 445 g/mol. The molecule has 1 aliphatic rings. The van der Waals surface area contributed by atoms with E-state index in [1.165, 1.54) is 0 Å². The predicted molar refractivity (Wildman–Crippen MR) is 118 cm³/mol. The Labute approximate surface area is 172 Å². The summed E-state index contributed by atoms with van der Waals surface area (Å²) in [6.07, 6.45) is 1.88. The highest BCUT2D eigenvalue weighted by atomic mass is 79.9. The van der Waals surface area contributed by atoms with Crippen LogP contribution in [0.4, 0.5) is 0 Å². The van der Waals surface area contributed by atoms with E-state index in [4.69, 9.17) is 13.7 Å². The van der Waals surface area contributed by atoms with Gasteiger partial charge in [-0.3, -0.25) is 0 Å². The van der Waals surface area contributed by atoms with E-state index in [2.05, 4.69) is 61.9 Å². The first-order valence-corrected chi connectivity index (χ1v) is 12.9. The molecular formula is C21H26BBrO3Si. The first-order valence-electron chi connectivity index (χ1n) is 9.20. The second kappa shape index (κ2) is 7.86. The molecule has 6 heteroatoms. The summed E-state index contributed by atoms with van der Waals surface area (Å²) < 4.78 is 19.5. The fourth-order valence-electron chi connectivity index (χ4n) is 2.60. The Morgan fingerprint density at radius 2 is 1.56 bits per heavy atom. The molecule has 27 heavy (non-hydrogen) atoms. The van der Waals surface area contributed by atoms with Crippen LogP contribution >= 0.6 is 15.9 Å². The lowest BCUT2D eigenvalue weighted by atomic mass is 9.89. The van der Waals surface area contributed by atoms with Crippen molar-refractivity contribution in [1.29, 1.82) is 0 Å². The second-order valence-corrected chi connectivity index (χ2v) is 13.9. The summed E-state index contributed by atoms with van der Waals surface area (Å²) >= 11 is 3.67. The van der Waals surface area contributed by atoms with Crippen molar-refractivity contribution in [2.24, 2.45) is 0 Å². The summed E-state index contributed by atoms with van der Waals surface area (Å²) in [7, 11) is -2.40. The van der Waals surface area contributed by atoms with Gasteiger partial charge in [-0.1, -0.05) is 73.1 Å². The number of rotatable bonds is 5. The Hall–Kier alpha value is -1.50. The van der Waals surface area contributed by atoms with Crippen LogP contribution in [0.25, 0.3) is 0 Å². The predicted octanol–water partition coefficient (Wildman–Crippen LogP) is 6.57. The van der Waals surface area contributed by atoms with Crippen molar-refractivity contribution in [2.75, 3.05) is 0 Å². The highest BCUT2D eigenvalue weighted by molar-refractivity contribution is 9.10. The van der Waals surface area contributed by atoms with Gasteiger partial charge >= 0.3 is 7.12 Å². The Morgan fingerprint density at radius 3 is 2.11 bits per heavy atom. The Balaban J connectivity index is 1.84. The van der Waals surface area contributed by atoms with Gasteiger partial charge in [0.05, 0.1) is 6.10 Å². The summed E-state index contributed by atoms with van der Waals surface area (Å²) in [6.45, 7) is 11.3. The third-order valence-corrected chi connectivity index (χ3v) is 10.4. The number of fused-ring (bicyclic) bond motifs is 1. The Bertz CT molecular complexity index is 807. The largest absolute Gasteiger partial charge is 0.624 e.